The average molecular weight is 346 g/mol. The molecular weight excluding hydrogens is 324 g/mol. The molecule has 1 saturated heterocycles. The zero-order chi connectivity index (χ0) is 16.9. The zero-order valence-electron chi connectivity index (χ0n) is 13.7. The van der Waals surface area contributed by atoms with Gasteiger partial charge in [0.15, 0.2) is 6.29 Å². The van der Waals surface area contributed by atoms with E-state index in [-0.39, 0.29) is 11.3 Å². The van der Waals surface area contributed by atoms with Crippen LogP contribution in [0.4, 0.5) is 0 Å². The molecule has 1 aromatic carbocycles. The van der Waals surface area contributed by atoms with Gasteiger partial charge >= 0.3 is 0 Å². The number of phenols is 1. The molecule has 1 N–H and O–H groups in total. The highest BCUT2D eigenvalue weighted by Gasteiger charge is 2.27. The number of carbonyl (C=O) groups excluding carboxylic acids is 1. The molecule has 128 valence electrons. The van der Waals surface area contributed by atoms with Gasteiger partial charge in [0.05, 0.1) is 11.6 Å². The second-order valence-electron chi connectivity index (χ2n) is 6.02. The molecule has 0 aliphatic carbocycles. The molecule has 2 heterocycles. The number of carbonyl (C=O) groups is 1. The Morgan fingerprint density at radius 3 is 3.12 bits per heavy atom. The lowest BCUT2D eigenvalue weighted by Gasteiger charge is -2.26. The van der Waals surface area contributed by atoms with E-state index in [1.54, 1.807) is 24.1 Å². The van der Waals surface area contributed by atoms with Crippen molar-refractivity contribution in [1.29, 1.82) is 0 Å². The predicted octanol–water partition coefficient (Wildman–Crippen LogP) is 3.04. The second-order valence-corrected chi connectivity index (χ2v) is 7.14. The molecule has 0 bridgehead atoms. The number of likely N-dealkylation sites (N-methyl/N-ethyl adjacent to an activating group) is 1. The van der Waals surface area contributed by atoms with E-state index in [0.29, 0.717) is 24.7 Å². The first-order valence-electron chi connectivity index (χ1n) is 8.10. The van der Waals surface area contributed by atoms with Crippen LogP contribution < -0.4 is 4.74 Å². The molecule has 0 saturated carbocycles. The summed E-state index contributed by atoms with van der Waals surface area (Å²) in [6.45, 7) is 2.47. The Labute approximate surface area is 146 Å². The molecule has 0 amide bonds. The monoisotopic (exact) mass is 346 g/mol. The number of hydrogen-bond donors (Lipinski definition) is 1. The van der Waals surface area contributed by atoms with Crippen molar-refractivity contribution in [2.24, 2.45) is 0 Å². The van der Waals surface area contributed by atoms with Crippen LogP contribution in [0.3, 0.4) is 0 Å². The topological polar surface area (TPSA) is 53.0 Å². The van der Waals surface area contributed by atoms with E-state index in [1.165, 1.54) is 11.0 Å². The van der Waals surface area contributed by atoms with Crippen molar-refractivity contribution in [1.82, 2.24) is 9.21 Å². The van der Waals surface area contributed by atoms with Crippen LogP contribution in [0.2, 0.25) is 0 Å². The normalized spacial score (nSPS) is 21.0. The number of nitrogens with zero attached hydrogens (tertiary/aromatic N) is 2. The van der Waals surface area contributed by atoms with Crippen LogP contribution in [0.1, 0.15) is 23.2 Å². The molecule has 2 aliphatic rings. The van der Waals surface area contributed by atoms with E-state index < -0.39 is 0 Å². The van der Waals surface area contributed by atoms with Crippen LogP contribution in [-0.2, 0) is 0 Å². The van der Waals surface area contributed by atoms with E-state index in [2.05, 4.69) is 34.6 Å². The van der Waals surface area contributed by atoms with E-state index in [4.69, 9.17) is 4.74 Å². The minimum absolute atomic E-state index is 0.0410. The largest absolute Gasteiger partial charge is 0.507 e. The van der Waals surface area contributed by atoms with Crippen molar-refractivity contribution in [3.8, 4) is 11.5 Å². The fraction of sp³-hybridized carbons (Fsp3) is 0.389. The van der Waals surface area contributed by atoms with Gasteiger partial charge in [-0.3, -0.25) is 4.79 Å². The number of phenolic OH excluding ortho intramolecular Hbond substituents is 1. The molecule has 0 aromatic heterocycles. The highest BCUT2D eigenvalue weighted by molar-refractivity contribution is 8.01. The van der Waals surface area contributed by atoms with E-state index in [0.717, 1.165) is 25.9 Å². The standard InChI is InChI=1S/C18H22N2O3S/c1-19-9-4-6-15(11-19)24-20-10-3-5-14(20)13-23-18-8-2-7-17(22)16(18)12-21/h2,4,6-8,11-12,14,22H,3,5,9-10,13H2,1H3. The van der Waals surface area contributed by atoms with Crippen molar-refractivity contribution < 1.29 is 14.6 Å². The van der Waals surface area contributed by atoms with E-state index in [9.17, 15) is 9.90 Å². The molecule has 1 unspecified atom stereocenters. The summed E-state index contributed by atoms with van der Waals surface area (Å²) in [5.41, 5.74) is 0.217. The van der Waals surface area contributed by atoms with E-state index >= 15 is 0 Å². The van der Waals surface area contributed by atoms with Gasteiger partial charge in [0, 0.05) is 31.2 Å². The van der Waals surface area contributed by atoms with Gasteiger partial charge in [-0.1, -0.05) is 12.1 Å². The average Bonchev–Trinajstić information content (AvgIpc) is 3.00. The fourth-order valence-electron chi connectivity index (χ4n) is 2.90. The molecule has 3 rings (SSSR count). The predicted molar refractivity (Wildman–Crippen MR) is 96.2 cm³/mol. The number of rotatable bonds is 6. The van der Waals surface area contributed by atoms with Crippen LogP contribution >= 0.6 is 11.9 Å². The van der Waals surface area contributed by atoms with Crippen molar-refractivity contribution in [2.75, 3.05) is 26.7 Å². The maximum Gasteiger partial charge on any atom is 0.157 e. The van der Waals surface area contributed by atoms with Crippen LogP contribution in [-0.4, -0.2) is 53.4 Å². The quantitative estimate of drug-likeness (QED) is 0.631. The van der Waals surface area contributed by atoms with Crippen LogP contribution in [0.15, 0.2) is 41.5 Å². The summed E-state index contributed by atoms with van der Waals surface area (Å²) in [4.78, 5) is 14.5. The van der Waals surface area contributed by atoms with Crippen LogP contribution in [0, 0.1) is 0 Å². The lowest BCUT2D eigenvalue weighted by atomic mass is 10.2. The minimum atomic E-state index is -0.0410. The smallest absolute Gasteiger partial charge is 0.157 e. The minimum Gasteiger partial charge on any atom is -0.507 e. The molecule has 2 aliphatic heterocycles. The van der Waals surface area contributed by atoms with Crippen molar-refractivity contribution in [3.05, 3.63) is 47.0 Å². The number of allylic oxidation sites excluding steroid dienone is 1. The van der Waals surface area contributed by atoms with Gasteiger partial charge in [-0.15, -0.1) is 0 Å². The maximum absolute atomic E-state index is 11.1. The van der Waals surface area contributed by atoms with Crippen LogP contribution in [0.5, 0.6) is 11.5 Å². The third-order valence-corrected chi connectivity index (χ3v) is 5.33. The summed E-state index contributed by atoms with van der Waals surface area (Å²) >= 11 is 1.76. The Kier molecular flexibility index (Phi) is 5.48. The Morgan fingerprint density at radius 2 is 2.33 bits per heavy atom. The molecule has 1 atom stereocenters. The van der Waals surface area contributed by atoms with Gasteiger partial charge in [0.1, 0.15) is 18.1 Å². The van der Waals surface area contributed by atoms with Gasteiger partial charge in [-0.25, -0.2) is 4.31 Å². The number of aldehydes is 1. The van der Waals surface area contributed by atoms with Gasteiger partial charge in [0.25, 0.3) is 0 Å². The Hall–Kier alpha value is -1.92. The third-order valence-electron chi connectivity index (χ3n) is 4.16. The van der Waals surface area contributed by atoms with Gasteiger partial charge in [-0.2, -0.15) is 0 Å². The number of aromatic hydroxyl groups is 1. The number of hydrogen-bond acceptors (Lipinski definition) is 6. The second kappa shape index (κ2) is 7.77. The SMILES string of the molecule is CN1C=C(SN2CCCC2COc2cccc(O)c2C=O)C=CC1. The molecule has 6 heteroatoms. The summed E-state index contributed by atoms with van der Waals surface area (Å²) in [5.74, 6) is 0.402. The molecule has 1 fully saturated rings. The molecule has 0 spiro atoms. The lowest BCUT2D eigenvalue weighted by Crippen LogP contribution is -2.29. The molecule has 24 heavy (non-hydrogen) atoms. The first kappa shape index (κ1) is 16.9. The van der Waals surface area contributed by atoms with Crippen molar-refractivity contribution >= 4 is 18.2 Å². The Bertz CT molecular complexity index is 660. The Morgan fingerprint density at radius 1 is 1.46 bits per heavy atom. The first-order chi connectivity index (χ1) is 11.7. The highest BCUT2D eigenvalue weighted by atomic mass is 32.2. The molecule has 1 aromatic rings. The van der Waals surface area contributed by atoms with E-state index in [1.807, 2.05) is 0 Å². The summed E-state index contributed by atoms with van der Waals surface area (Å²) < 4.78 is 8.19. The summed E-state index contributed by atoms with van der Waals surface area (Å²) in [7, 11) is 2.07. The highest BCUT2D eigenvalue weighted by Crippen LogP contribution is 2.33. The van der Waals surface area contributed by atoms with Crippen LogP contribution in [0.25, 0.3) is 0 Å². The fourth-order valence-corrected chi connectivity index (χ4v) is 4.09. The lowest BCUT2D eigenvalue weighted by molar-refractivity contribution is 0.111. The molecule has 5 nitrogen and oxygen atoms in total. The summed E-state index contributed by atoms with van der Waals surface area (Å²) in [5, 5.41) is 9.73. The van der Waals surface area contributed by atoms with Gasteiger partial charge in [-0.05, 0) is 43.0 Å². The number of benzene rings is 1. The maximum atomic E-state index is 11.1. The van der Waals surface area contributed by atoms with Gasteiger partial charge in [0.2, 0.25) is 0 Å². The zero-order valence-corrected chi connectivity index (χ0v) is 14.5. The van der Waals surface area contributed by atoms with Crippen molar-refractivity contribution in [2.45, 2.75) is 18.9 Å². The first-order valence-corrected chi connectivity index (χ1v) is 8.88. The summed E-state index contributed by atoms with van der Waals surface area (Å²) in [6, 6.07) is 5.19. The summed E-state index contributed by atoms with van der Waals surface area (Å²) in [6.07, 6.45) is 9.30. The van der Waals surface area contributed by atoms with Crippen molar-refractivity contribution in [3.63, 3.8) is 0 Å². The Balaban J connectivity index is 1.61. The molecular formula is C18H22N2O3S. The third kappa shape index (κ3) is 3.94. The van der Waals surface area contributed by atoms with Gasteiger partial charge < -0.3 is 14.7 Å². The number of ether oxygens (including phenoxy) is 1. The molecule has 0 radical (unpaired) electrons.